The van der Waals surface area contributed by atoms with E-state index in [0.717, 1.165) is 0 Å². The third-order valence-electron chi connectivity index (χ3n) is 3.84. The van der Waals surface area contributed by atoms with Gasteiger partial charge in [-0.2, -0.15) is 9.90 Å². The van der Waals surface area contributed by atoms with Crippen LogP contribution in [0.25, 0.3) is 5.69 Å². The molecule has 0 saturated carbocycles. The molecule has 2 rings (SSSR count). The number of aromatic nitrogens is 3. The third-order valence-corrected chi connectivity index (χ3v) is 3.84. The van der Waals surface area contributed by atoms with Crippen molar-refractivity contribution in [3.8, 4) is 11.4 Å². The molecule has 1 atom stereocenters. The van der Waals surface area contributed by atoms with Crippen LogP contribution in [-0.2, 0) is 9.53 Å². The van der Waals surface area contributed by atoms with Crippen LogP contribution in [0.2, 0.25) is 0 Å². The molecule has 2 aromatic rings. The molecule has 2 N–H and O–H groups in total. The second-order valence-electron chi connectivity index (χ2n) is 6.29. The lowest BCUT2D eigenvalue weighted by molar-refractivity contribution is -0.140. The van der Waals surface area contributed by atoms with Gasteiger partial charge in [-0.05, 0) is 37.1 Å². The van der Waals surface area contributed by atoms with Crippen LogP contribution in [0.15, 0.2) is 24.3 Å². The maximum atomic E-state index is 12.4. The Kier molecular flexibility index (Phi) is 6.89. The highest BCUT2D eigenvalue weighted by Gasteiger charge is 2.26. The third kappa shape index (κ3) is 5.27. The molecule has 146 valence electrons. The Balaban J connectivity index is 2.13. The van der Waals surface area contributed by atoms with Gasteiger partial charge < -0.3 is 19.9 Å². The summed E-state index contributed by atoms with van der Waals surface area (Å²) in [6.45, 7) is 6.03. The zero-order chi connectivity index (χ0) is 20.0. The molecular weight excluding hydrogens is 352 g/mol. The predicted molar refractivity (Wildman–Crippen MR) is 97.2 cm³/mol. The first kappa shape index (κ1) is 20.4. The molecule has 0 radical (unpaired) electrons. The highest BCUT2D eigenvalue weighted by atomic mass is 16.5. The van der Waals surface area contributed by atoms with Crippen molar-refractivity contribution in [2.75, 3.05) is 20.3 Å². The van der Waals surface area contributed by atoms with E-state index in [2.05, 4.69) is 15.5 Å². The summed E-state index contributed by atoms with van der Waals surface area (Å²) in [7, 11) is 1.60. The first-order valence-electron chi connectivity index (χ1n) is 8.53. The average Bonchev–Trinajstić information content (AvgIpc) is 3.01. The van der Waals surface area contributed by atoms with Gasteiger partial charge in [0.25, 0.3) is 5.91 Å². The molecule has 0 aliphatic heterocycles. The maximum absolute atomic E-state index is 12.4. The quantitative estimate of drug-likeness (QED) is 0.636. The average molecular weight is 376 g/mol. The number of carbonyl (C=O) groups excluding carboxylic acids is 1. The largest absolute Gasteiger partial charge is 0.491 e. The molecule has 0 unspecified atom stereocenters. The monoisotopic (exact) mass is 376 g/mol. The molecule has 0 aliphatic rings. The Hall–Kier alpha value is -2.94. The summed E-state index contributed by atoms with van der Waals surface area (Å²) in [5, 5.41) is 20.1. The highest BCUT2D eigenvalue weighted by Crippen LogP contribution is 2.15. The van der Waals surface area contributed by atoms with E-state index in [1.54, 1.807) is 52.1 Å². The van der Waals surface area contributed by atoms with Crippen molar-refractivity contribution in [3.63, 3.8) is 0 Å². The minimum Gasteiger partial charge on any atom is -0.491 e. The van der Waals surface area contributed by atoms with Gasteiger partial charge in [0.05, 0.1) is 18.0 Å². The second kappa shape index (κ2) is 9.13. The molecule has 1 heterocycles. The molecule has 1 aromatic heterocycles. The van der Waals surface area contributed by atoms with Crippen LogP contribution in [0.5, 0.6) is 5.75 Å². The number of rotatable bonds is 9. The van der Waals surface area contributed by atoms with Gasteiger partial charge in [-0.25, -0.2) is 4.79 Å². The smallest absolute Gasteiger partial charge is 0.326 e. The zero-order valence-electron chi connectivity index (χ0n) is 15.8. The SMILES string of the molecule is COCCOc1ccc(-n2nc(C)c(C(=O)N[C@H](C(=O)O)C(C)C)n2)cc1. The van der Waals surface area contributed by atoms with Gasteiger partial charge in [-0.15, -0.1) is 5.10 Å². The lowest BCUT2D eigenvalue weighted by Gasteiger charge is -2.17. The van der Waals surface area contributed by atoms with Crippen LogP contribution < -0.4 is 10.1 Å². The summed E-state index contributed by atoms with van der Waals surface area (Å²) >= 11 is 0. The number of nitrogens with one attached hydrogen (secondary N) is 1. The number of amides is 1. The molecule has 0 spiro atoms. The Morgan fingerprint density at radius 2 is 1.85 bits per heavy atom. The Bertz CT molecular complexity index is 786. The minimum atomic E-state index is -1.09. The first-order valence-corrected chi connectivity index (χ1v) is 8.53. The number of carboxylic acid groups (broad SMARTS) is 1. The molecule has 0 saturated heterocycles. The number of aryl methyl sites for hydroxylation is 1. The van der Waals surface area contributed by atoms with Gasteiger partial charge in [0.2, 0.25) is 0 Å². The topological polar surface area (TPSA) is 116 Å². The fourth-order valence-electron chi connectivity index (χ4n) is 2.35. The number of nitrogens with zero attached hydrogens (tertiary/aromatic N) is 3. The molecule has 1 aromatic carbocycles. The predicted octanol–water partition coefficient (Wildman–Crippen LogP) is 1.44. The Morgan fingerprint density at radius 3 is 2.41 bits per heavy atom. The van der Waals surface area contributed by atoms with E-state index in [-0.39, 0.29) is 11.6 Å². The van der Waals surface area contributed by atoms with Crippen molar-refractivity contribution in [2.24, 2.45) is 5.92 Å². The second-order valence-corrected chi connectivity index (χ2v) is 6.29. The number of carbonyl (C=O) groups is 2. The van der Waals surface area contributed by atoms with Crippen molar-refractivity contribution in [2.45, 2.75) is 26.8 Å². The summed E-state index contributed by atoms with van der Waals surface area (Å²) in [6.07, 6.45) is 0. The van der Waals surface area contributed by atoms with Gasteiger partial charge in [0.1, 0.15) is 18.4 Å². The molecule has 0 bridgehead atoms. The fourth-order valence-corrected chi connectivity index (χ4v) is 2.35. The molecular formula is C18H24N4O5. The van der Waals surface area contributed by atoms with Crippen LogP contribution in [0, 0.1) is 12.8 Å². The summed E-state index contributed by atoms with van der Waals surface area (Å²) in [5.74, 6) is -1.24. The van der Waals surface area contributed by atoms with Gasteiger partial charge in [-0.3, -0.25) is 4.79 Å². The standard InChI is InChI=1S/C18H24N4O5/c1-11(2)15(18(24)25)19-17(23)16-12(3)20-22(21-16)13-5-7-14(8-6-13)27-10-9-26-4/h5-8,11,15H,9-10H2,1-4H3,(H,19,23)(H,24,25)/t15-/m0/s1. The number of hydrogen-bond acceptors (Lipinski definition) is 6. The number of methoxy groups -OCH3 is 1. The number of ether oxygens (including phenoxy) is 2. The zero-order valence-corrected chi connectivity index (χ0v) is 15.8. The summed E-state index contributed by atoms with van der Waals surface area (Å²) in [4.78, 5) is 25.0. The van der Waals surface area contributed by atoms with Crippen LogP contribution in [-0.4, -0.2) is 58.3 Å². The van der Waals surface area contributed by atoms with E-state index in [0.29, 0.717) is 30.3 Å². The van der Waals surface area contributed by atoms with E-state index in [4.69, 9.17) is 9.47 Å². The van der Waals surface area contributed by atoms with Crippen LogP contribution >= 0.6 is 0 Å². The maximum Gasteiger partial charge on any atom is 0.326 e. The van der Waals surface area contributed by atoms with Crippen LogP contribution in [0.1, 0.15) is 30.0 Å². The van der Waals surface area contributed by atoms with Gasteiger partial charge >= 0.3 is 5.97 Å². The number of aliphatic carboxylic acids is 1. The minimum absolute atomic E-state index is 0.0855. The van der Waals surface area contributed by atoms with Crippen molar-refractivity contribution < 1.29 is 24.2 Å². The number of hydrogen-bond donors (Lipinski definition) is 2. The van der Waals surface area contributed by atoms with Crippen molar-refractivity contribution in [3.05, 3.63) is 35.7 Å². The molecule has 0 aliphatic carbocycles. The highest BCUT2D eigenvalue weighted by molar-refractivity contribution is 5.95. The van der Waals surface area contributed by atoms with Crippen molar-refractivity contribution >= 4 is 11.9 Å². The van der Waals surface area contributed by atoms with Gasteiger partial charge in [-0.1, -0.05) is 13.8 Å². The number of benzene rings is 1. The van der Waals surface area contributed by atoms with Crippen LogP contribution in [0.3, 0.4) is 0 Å². The van der Waals surface area contributed by atoms with E-state index < -0.39 is 17.9 Å². The van der Waals surface area contributed by atoms with Gasteiger partial charge in [0.15, 0.2) is 5.69 Å². The molecule has 0 fully saturated rings. The van der Waals surface area contributed by atoms with E-state index >= 15 is 0 Å². The fraction of sp³-hybridized carbons (Fsp3) is 0.444. The Morgan fingerprint density at radius 1 is 1.19 bits per heavy atom. The van der Waals surface area contributed by atoms with Crippen molar-refractivity contribution in [1.29, 1.82) is 0 Å². The lowest BCUT2D eigenvalue weighted by atomic mass is 10.0. The first-order chi connectivity index (χ1) is 12.8. The molecule has 1 amide bonds. The summed E-state index contributed by atoms with van der Waals surface area (Å²) in [6, 6.07) is 6.06. The molecule has 27 heavy (non-hydrogen) atoms. The summed E-state index contributed by atoms with van der Waals surface area (Å²) in [5.41, 5.74) is 1.14. The molecule has 9 nitrogen and oxygen atoms in total. The van der Waals surface area contributed by atoms with Gasteiger partial charge in [0, 0.05) is 7.11 Å². The van der Waals surface area contributed by atoms with E-state index in [9.17, 15) is 14.7 Å². The van der Waals surface area contributed by atoms with E-state index in [1.807, 2.05) is 0 Å². The van der Waals surface area contributed by atoms with Crippen molar-refractivity contribution in [1.82, 2.24) is 20.3 Å². The normalized spacial score (nSPS) is 12.0. The lowest BCUT2D eigenvalue weighted by Crippen LogP contribution is -2.44. The Labute approximate surface area is 157 Å². The van der Waals surface area contributed by atoms with E-state index in [1.165, 1.54) is 4.80 Å². The molecule has 9 heteroatoms. The van der Waals surface area contributed by atoms with Crippen LogP contribution in [0.4, 0.5) is 0 Å². The number of carboxylic acids is 1. The summed E-state index contributed by atoms with van der Waals surface area (Å²) < 4.78 is 10.4.